The number of carbonyl (C=O) groups is 1. The Bertz CT molecular complexity index is 315. The van der Waals surface area contributed by atoms with Crippen molar-refractivity contribution in [1.29, 1.82) is 0 Å². The molecule has 0 bridgehead atoms. The first-order valence-corrected chi connectivity index (χ1v) is 5.95. The van der Waals surface area contributed by atoms with Crippen molar-refractivity contribution in [2.45, 2.75) is 57.6 Å². The maximum absolute atomic E-state index is 10.7. The van der Waals surface area contributed by atoms with E-state index in [1.807, 2.05) is 13.8 Å². The minimum absolute atomic E-state index is 0.136. The molecule has 0 aromatic heterocycles. The molecule has 0 heterocycles. The van der Waals surface area contributed by atoms with Crippen LogP contribution in [0.15, 0.2) is 5.11 Å². The fraction of sp³-hybridized carbons (Fsp3) is 0.909. The van der Waals surface area contributed by atoms with Crippen LogP contribution in [0.25, 0.3) is 10.4 Å². The van der Waals surface area contributed by atoms with Gasteiger partial charge in [0.05, 0.1) is 0 Å². The molecule has 0 aliphatic heterocycles. The van der Waals surface area contributed by atoms with Crippen molar-refractivity contribution >= 4 is 6.09 Å². The van der Waals surface area contributed by atoms with Gasteiger partial charge in [0.2, 0.25) is 0 Å². The molecule has 17 heavy (non-hydrogen) atoms. The number of nitrogens with two attached hydrogens (primary N) is 1. The maximum atomic E-state index is 10.7. The van der Waals surface area contributed by atoms with Crippen LogP contribution in [0, 0.1) is 5.92 Å². The van der Waals surface area contributed by atoms with Crippen LogP contribution < -0.4 is 5.73 Å². The first-order chi connectivity index (χ1) is 7.93. The van der Waals surface area contributed by atoms with Crippen molar-refractivity contribution in [2.24, 2.45) is 16.8 Å². The Kier molecular flexibility index (Phi) is 4.63. The van der Waals surface area contributed by atoms with E-state index in [2.05, 4.69) is 10.0 Å². The molecule has 1 aliphatic carbocycles. The van der Waals surface area contributed by atoms with E-state index >= 15 is 0 Å². The SMILES string of the molecule is CC(C)(CC1CCC(N=[N+]=[N-])CC1)OC(N)=O. The van der Waals surface area contributed by atoms with Crippen LogP contribution in [0.1, 0.15) is 46.0 Å². The molecule has 0 aromatic carbocycles. The Morgan fingerprint density at radius 2 is 2.06 bits per heavy atom. The lowest BCUT2D eigenvalue weighted by Gasteiger charge is -2.32. The molecule has 6 nitrogen and oxygen atoms in total. The Labute approximate surface area is 101 Å². The molecule has 0 unspecified atom stereocenters. The first-order valence-electron chi connectivity index (χ1n) is 5.95. The molecule has 0 atom stereocenters. The normalized spacial score (nSPS) is 24.8. The number of nitrogens with zero attached hydrogens (tertiary/aromatic N) is 3. The highest BCUT2D eigenvalue weighted by Gasteiger charge is 2.29. The molecule has 1 fully saturated rings. The molecule has 1 rings (SSSR count). The number of primary amides is 1. The number of amides is 1. The smallest absolute Gasteiger partial charge is 0.405 e. The Morgan fingerprint density at radius 3 is 2.53 bits per heavy atom. The molecule has 2 N–H and O–H groups in total. The number of ether oxygens (including phenoxy) is 1. The number of hydrogen-bond donors (Lipinski definition) is 1. The summed E-state index contributed by atoms with van der Waals surface area (Å²) in [5.41, 5.74) is 12.9. The Hall–Kier alpha value is -1.42. The number of azide groups is 1. The minimum atomic E-state index is -0.724. The number of hydrogen-bond acceptors (Lipinski definition) is 3. The summed E-state index contributed by atoms with van der Waals surface area (Å²) in [5.74, 6) is 0.509. The molecule has 1 saturated carbocycles. The average Bonchev–Trinajstić information content (AvgIpc) is 2.18. The predicted molar refractivity (Wildman–Crippen MR) is 64.3 cm³/mol. The van der Waals surface area contributed by atoms with Gasteiger partial charge in [0.15, 0.2) is 0 Å². The second kappa shape index (κ2) is 5.77. The summed E-state index contributed by atoms with van der Waals surface area (Å²) in [6.07, 6.45) is 3.93. The molecule has 96 valence electrons. The summed E-state index contributed by atoms with van der Waals surface area (Å²) in [6, 6.07) is 0.136. The van der Waals surface area contributed by atoms with Gasteiger partial charge in [-0.25, -0.2) is 4.79 Å². The van der Waals surface area contributed by atoms with Crippen LogP contribution in [0.3, 0.4) is 0 Å². The fourth-order valence-corrected chi connectivity index (χ4v) is 2.55. The lowest BCUT2D eigenvalue weighted by molar-refractivity contribution is 0.0213. The molecular formula is C11H20N4O2. The largest absolute Gasteiger partial charge is 0.444 e. The van der Waals surface area contributed by atoms with E-state index in [0.29, 0.717) is 5.92 Å². The summed E-state index contributed by atoms with van der Waals surface area (Å²) >= 11 is 0. The van der Waals surface area contributed by atoms with E-state index in [9.17, 15) is 4.79 Å². The van der Waals surface area contributed by atoms with E-state index in [1.54, 1.807) is 0 Å². The monoisotopic (exact) mass is 240 g/mol. The third-order valence-corrected chi connectivity index (χ3v) is 3.19. The van der Waals surface area contributed by atoms with E-state index in [1.165, 1.54) is 0 Å². The standard InChI is InChI=1S/C11H20N4O2/c1-11(2,17-10(12)16)7-8-3-5-9(6-4-8)14-15-13/h8-9H,3-7H2,1-2H3,(H2,12,16). The van der Waals surface area contributed by atoms with Gasteiger partial charge in [0, 0.05) is 11.0 Å². The lowest BCUT2D eigenvalue weighted by Crippen LogP contribution is -2.34. The molecule has 0 spiro atoms. The lowest BCUT2D eigenvalue weighted by atomic mass is 9.80. The quantitative estimate of drug-likeness (QED) is 0.463. The van der Waals surface area contributed by atoms with Gasteiger partial charge in [-0.1, -0.05) is 5.11 Å². The van der Waals surface area contributed by atoms with Crippen molar-refractivity contribution in [2.75, 3.05) is 0 Å². The topological polar surface area (TPSA) is 101 Å². The van der Waals surface area contributed by atoms with Crippen molar-refractivity contribution in [1.82, 2.24) is 0 Å². The molecule has 1 amide bonds. The van der Waals surface area contributed by atoms with Gasteiger partial charge < -0.3 is 10.5 Å². The van der Waals surface area contributed by atoms with E-state index in [4.69, 9.17) is 16.0 Å². The van der Waals surface area contributed by atoms with Gasteiger partial charge in [0.1, 0.15) is 5.60 Å². The second-order valence-corrected chi connectivity index (χ2v) is 5.26. The predicted octanol–water partition coefficient (Wildman–Crippen LogP) is 3.12. The second-order valence-electron chi connectivity index (χ2n) is 5.26. The number of carbonyl (C=O) groups excluding carboxylic acids is 1. The van der Waals surface area contributed by atoms with Crippen LogP contribution in [0.5, 0.6) is 0 Å². The zero-order chi connectivity index (χ0) is 12.9. The summed E-state index contributed by atoms with van der Waals surface area (Å²) in [5, 5.41) is 3.74. The highest BCUT2D eigenvalue weighted by Crippen LogP contribution is 2.33. The first kappa shape index (κ1) is 13.6. The highest BCUT2D eigenvalue weighted by atomic mass is 16.6. The maximum Gasteiger partial charge on any atom is 0.405 e. The third-order valence-electron chi connectivity index (χ3n) is 3.19. The summed E-state index contributed by atoms with van der Waals surface area (Å²) in [7, 11) is 0. The van der Waals surface area contributed by atoms with Crippen molar-refractivity contribution in [3.8, 4) is 0 Å². The molecule has 0 radical (unpaired) electrons. The van der Waals surface area contributed by atoms with Crippen molar-refractivity contribution in [3.63, 3.8) is 0 Å². The van der Waals surface area contributed by atoms with Gasteiger partial charge in [-0.05, 0) is 57.4 Å². The van der Waals surface area contributed by atoms with E-state index in [0.717, 1.165) is 32.1 Å². The Morgan fingerprint density at radius 1 is 1.47 bits per heavy atom. The summed E-state index contributed by atoms with van der Waals surface area (Å²) < 4.78 is 5.07. The van der Waals surface area contributed by atoms with Crippen LogP contribution in [-0.4, -0.2) is 17.7 Å². The van der Waals surface area contributed by atoms with Crippen LogP contribution in [0.2, 0.25) is 0 Å². The van der Waals surface area contributed by atoms with Gasteiger partial charge in [-0.15, -0.1) is 0 Å². The van der Waals surface area contributed by atoms with E-state index < -0.39 is 11.7 Å². The fourth-order valence-electron chi connectivity index (χ4n) is 2.55. The zero-order valence-electron chi connectivity index (χ0n) is 10.4. The third kappa shape index (κ3) is 4.95. The molecule has 0 saturated heterocycles. The summed E-state index contributed by atoms with van der Waals surface area (Å²) in [4.78, 5) is 13.6. The van der Waals surface area contributed by atoms with Gasteiger partial charge in [-0.3, -0.25) is 0 Å². The average molecular weight is 240 g/mol. The van der Waals surface area contributed by atoms with E-state index in [-0.39, 0.29) is 6.04 Å². The highest BCUT2D eigenvalue weighted by molar-refractivity contribution is 5.65. The van der Waals surface area contributed by atoms with Gasteiger partial charge in [0.25, 0.3) is 0 Å². The van der Waals surface area contributed by atoms with Crippen molar-refractivity contribution < 1.29 is 9.53 Å². The molecule has 1 aliphatic rings. The van der Waals surface area contributed by atoms with Crippen LogP contribution in [-0.2, 0) is 4.74 Å². The minimum Gasteiger partial charge on any atom is -0.444 e. The van der Waals surface area contributed by atoms with Crippen LogP contribution >= 0.6 is 0 Å². The molecular weight excluding hydrogens is 220 g/mol. The molecule has 6 heteroatoms. The van der Waals surface area contributed by atoms with Crippen molar-refractivity contribution in [3.05, 3.63) is 10.4 Å². The molecule has 0 aromatic rings. The summed E-state index contributed by atoms with van der Waals surface area (Å²) in [6.45, 7) is 3.74. The van der Waals surface area contributed by atoms with Gasteiger partial charge >= 0.3 is 6.09 Å². The van der Waals surface area contributed by atoms with Crippen LogP contribution in [0.4, 0.5) is 4.79 Å². The van der Waals surface area contributed by atoms with Gasteiger partial charge in [-0.2, -0.15) is 0 Å². The Balaban J connectivity index is 2.39. The number of rotatable bonds is 4. The zero-order valence-corrected chi connectivity index (χ0v) is 10.4.